The lowest BCUT2D eigenvalue weighted by molar-refractivity contribution is -0.158. The first-order chi connectivity index (χ1) is 53.5. The molecule has 2 aromatic carbocycles. The molecular weight excluding hydrogens is 1510 g/mol. The molecule has 0 radical (unpaired) electrons. The summed E-state index contributed by atoms with van der Waals surface area (Å²) in [7, 11) is 4.24. The zero-order valence-corrected chi connectivity index (χ0v) is 68.1. The number of ether oxygens (including phenoxy) is 2. The number of hydrogen-bond acceptors (Lipinski definition) is 21. The number of carboxylic acid groups (broad SMARTS) is 1. The van der Waals surface area contributed by atoms with Gasteiger partial charge in [-0.1, -0.05) is 163 Å². The number of aliphatic hydroxyl groups excluding tert-OH is 1. The van der Waals surface area contributed by atoms with Crippen LogP contribution in [0.2, 0.25) is 0 Å². The first kappa shape index (κ1) is 93.9. The van der Waals surface area contributed by atoms with Gasteiger partial charge in [0.25, 0.3) is 5.91 Å². The van der Waals surface area contributed by atoms with Crippen molar-refractivity contribution in [2.24, 2.45) is 23.7 Å². The third kappa shape index (κ3) is 28.4. The lowest BCUT2D eigenvalue weighted by Gasteiger charge is -2.36. The molecule has 3 saturated heterocycles. The number of hydrogen-bond donors (Lipinski definition) is 14. The van der Waals surface area contributed by atoms with E-state index in [1.54, 1.807) is 109 Å². The van der Waals surface area contributed by atoms with Crippen LogP contribution in [-0.2, 0) is 99.0 Å². The van der Waals surface area contributed by atoms with Crippen LogP contribution in [0, 0.1) is 23.7 Å². The number of benzene rings is 2. The lowest BCUT2D eigenvalue weighted by Crippen LogP contribution is -2.63. The number of cyclic esters (lactones) is 1. The van der Waals surface area contributed by atoms with E-state index in [0.717, 1.165) is 26.5 Å². The molecule has 14 N–H and O–H groups in total. The number of rotatable bonds is 20. The van der Waals surface area contributed by atoms with Crippen molar-refractivity contribution in [3.05, 3.63) is 84.1 Å². The topological polar surface area (TPSA) is 483 Å². The molecule has 0 spiro atoms. The van der Waals surface area contributed by atoms with Gasteiger partial charge in [0, 0.05) is 51.5 Å². The van der Waals surface area contributed by atoms with Gasteiger partial charge < -0.3 is 93.3 Å². The van der Waals surface area contributed by atoms with Gasteiger partial charge in [-0.2, -0.15) is 0 Å². The van der Waals surface area contributed by atoms with Gasteiger partial charge in [-0.15, -0.1) is 0 Å². The molecule has 3 aliphatic heterocycles. The minimum Gasteiger partial charge on any atom is -0.481 e. The zero-order chi connectivity index (χ0) is 84.1. The molecule has 2 aromatic rings. The molecule has 3 heterocycles. The highest BCUT2D eigenvalue weighted by Crippen LogP contribution is 2.27. The highest BCUT2D eigenvalue weighted by atomic mass is 33.1. The monoisotopic (exact) mass is 1620 g/mol. The molecule has 0 saturated carbocycles. The van der Waals surface area contributed by atoms with E-state index in [1.807, 2.05) is 6.92 Å². The average molecular weight is 1620 g/mol. The third-order valence-corrected chi connectivity index (χ3v) is 22.7. The molecule has 36 heteroatoms. The molecule has 5 rings (SSSR count). The van der Waals surface area contributed by atoms with Crippen molar-refractivity contribution >= 4 is 116 Å². The minimum absolute atomic E-state index is 0.0134. The molecule has 624 valence electrons. The Morgan fingerprint density at radius 3 is 1.70 bits per heavy atom. The number of carboxylic acids is 1. The second-order valence-electron chi connectivity index (χ2n) is 29.4. The standard InChI is InChI=1S/C77H114N14O20S2/c1-15-41(6)33-50-67(99)87-60(40(4)5)76(108)90(13)63(47(12)110-14)74(106)85-54(37-92)77(109)111-46(11)62-73(105)84-53(36-49-27-22-19-23-28-49)75(107)91-32-24-29-57(91)71(103)86-56(70(102)88-61(43(8)17-3)72(104)79-45(10)65(97)81-50)39-113-112-38-55(80-58(93)30-31-59(94)95)69(101)83-52(35-48-25-20-18-21-26-48)66(98)78-44(9)64(96)82-51(68(100)89-62)34-42(7)16-2/h18-23,25-28,40-44,46-47,50-57,60-63,92H,10,15-17,24,29-39H2,1-9,11-14H3,(H,78,98)(H,79,104)(H,80,93)(H,81,97)(H,82,96)(H,83,101)(H,84,105)(H,85,106)(H,86,103)(H,87,99)(H,88,102)(H,89,100)(H,94,95)/t41-,42+,43+,44-,46-,47-,50+,51+,52-,53-,54+,55+,56+,57+,60-,61+,62-,63+/m1/s1. The van der Waals surface area contributed by atoms with Gasteiger partial charge in [0.05, 0.1) is 24.8 Å². The van der Waals surface area contributed by atoms with E-state index < -0.39 is 228 Å². The van der Waals surface area contributed by atoms with E-state index in [2.05, 4.69) is 70.4 Å². The van der Waals surface area contributed by atoms with Gasteiger partial charge in [-0.25, -0.2) is 4.79 Å². The van der Waals surface area contributed by atoms with Crippen molar-refractivity contribution in [1.29, 1.82) is 0 Å². The van der Waals surface area contributed by atoms with Crippen molar-refractivity contribution in [2.75, 3.05) is 38.8 Å². The number of carbonyl (C=O) groups excluding carboxylic acids is 15. The maximum atomic E-state index is 15.6. The Balaban J connectivity index is 1.80. The molecular formula is C77H114N14O20S2. The van der Waals surface area contributed by atoms with Crippen LogP contribution in [0.15, 0.2) is 72.9 Å². The van der Waals surface area contributed by atoms with E-state index in [4.69, 9.17) is 9.47 Å². The van der Waals surface area contributed by atoms with Gasteiger partial charge in [-0.3, -0.25) is 71.9 Å². The number of fused-ring (bicyclic) bond motifs is 6. The number of methoxy groups -OCH3 is 1. The molecule has 18 atom stereocenters. The van der Waals surface area contributed by atoms with E-state index in [1.165, 1.54) is 39.8 Å². The quantitative estimate of drug-likeness (QED) is 0.0474. The Hall–Kier alpha value is -9.68. The number of amides is 14. The number of aliphatic hydroxyl groups is 1. The molecule has 0 unspecified atom stereocenters. The predicted octanol–water partition coefficient (Wildman–Crippen LogP) is 0.0792. The number of carbonyl (C=O) groups is 16. The maximum absolute atomic E-state index is 15.6. The molecule has 0 aliphatic carbocycles. The number of likely N-dealkylation sites (N-methyl/N-ethyl adjacent to an activating group) is 1. The summed E-state index contributed by atoms with van der Waals surface area (Å²) in [6, 6.07) is -4.17. The highest BCUT2D eigenvalue weighted by molar-refractivity contribution is 8.76. The highest BCUT2D eigenvalue weighted by Gasteiger charge is 2.45. The summed E-state index contributed by atoms with van der Waals surface area (Å²) in [4.78, 5) is 236. The summed E-state index contributed by atoms with van der Waals surface area (Å²) >= 11 is 0. The largest absolute Gasteiger partial charge is 0.481 e. The van der Waals surface area contributed by atoms with Crippen LogP contribution < -0.4 is 63.8 Å². The number of nitrogens with one attached hydrogen (secondary N) is 12. The molecule has 2 bridgehead atoms. The number of nitrogens with zero attached hydrogens (tertiary/aromatic N) is 2. The molecule has 14 amide bonds. The molecule has 34 nitrogen and oxygen atoms in total. The predicted molar refractivity (Wildman–Crippen MR) is 419 cm³/mol. The van der Waals surface area contributed by atoms with Gasteiger partial charge in [0.1, 0.15) is 78.6 Å². The summed E-state index contributed by atoms with van der Waals surface area (Å²) in [5, 5.41) is 51.9. The van der Waals surface area contributed by atoms with E-state index in [9.17, 15) is 63.0 Å². The Bertz CT molecular complexity index is 3690. The summed E-state index contributed by atoms with van der Waals surface area (Å²) in [5.41, 5.74) is 0.407. The van der Waals surface area contributed by atoms with Crippen LogP contribution in [0.4, 0.5) is 0 Å². The fourth-order valence-corrected chi connectivity index (χ4v) is 15.0. The second kappa shape index (κ2) is 45.9. The normalized spacial score (nSPS) is 27.4. The Labute approximate surface area is 667 Å². The molecule has 113 heavy (non-hydrogen) atoms. The van der Waals surface area contributed by atoms with Crippen molar-refractivity contribution in [1.82, 2.24) is 73.6 Å². The minimum atomic E-state index is -2.05. The summed E-state index contributed by atoms with van der Waals surface area (Å²) in [6.45, 7) is 20.1. The van der Waals surface area contributed by atoms with Crippen LogP contribution in [-0.4, -0.2) is 244 Å². The Kier molecular flexibility index (Phi) is 38.1. The molecule has 3 fully saturated rings. The van der Waals surface area contributed by atoms with Gasteiger partial charge >= 0.3 is 11.9 Å². The Morgan fingerprint density at radius 1 is 0.593 bits per heavy atom. The van der Waals surface area contributed by atoms with E-state index >= 15 is 24.0 Å². The van der Waals surface area contributed by atoms with Crippen molar-refractivity contribution in [3.63, 3.8) is 0 Å². The van der Waals surface area contributed by atoms with Crippen LogP contribution in [0.3, 0.4) is 0 Å². The number of esters is 1. The molecule has 0 aromatic heterocycles. The Morgan fingerprint density at radius 2 is 1.13 bits per heavy atom. The second-order valence-corrected chi connectivity index (χ2v) is 32.0. The van der Waals surface area contributed by atoms with Gasteiger partial charge in [0.15, 0.2) is 6.04 Å². The summed E-state index contributed by atoms with van der Waals surface area (Å²) in [5.74, 6) is -19.1. The summed E-state index contributed by atoms with van der Waals surface area (Å²) < 4.78 is 11.5. The average Bonchev–Trinajstić information content (AvgIpc) is 1.75. The van der Waals surface area contributed by atoms with Gasteiger partial charge in [0.2, 0.25) is 76.8 Å². The van der Waals surface area contributed by atoms with Gasteiger partial charge in [-0.05, 0) is 81.3 Å². The third-order valence-electron chi connectivity index (χ3n) is 20.3. The summed E-state index contributed by atoms with van der Waals surface area (Å²) in [6.07, 6.45) is -3.54. The van der Waals surface area contributed by atoms with Crippen LogP contribution in [0.25, 0.3) is 0 Å². The first-order valence-electron chi connectivity index (χ1n) is 38.3. The fraction of sp³-hybridized carbons (Fsp3) is 0.610. The lowest BCUT2D eigenvalue weighted by atomic mass is 9.96. The maximum Gasteiger partial charge on any atom is 0.331 e. The number of aliphatic carboxylic acids is 1. The van der Waals surface area contributed by atoms with E-state index in [0.29, 0.717) is 24.0 Å². The fourth-order valence-electron chi connectivity index (χ4n) is 12.6. The van der Waals surface area contributed by atoms with Crippen LogP contribution in [0.5, 0.6) is 0 Å². The SMILES string of the molecule is C=C1NC(=O)[C@H]([C@@H](C)CC)NC(=O)[C@@H]2CSSC[C@H](NC(=O)CCC(=O)O)C(=O)N[C@H](Cc3ccccc3)C(=O)N[C@H](C)C(=O)N[C@@H](C[C@@H](C)CC)C(=O)N[C@@H](C(=O)N[C@H](Cc3ccccc3)C(=O)N3CCC[C@H]3C(=O)N2)[C@@H](C)OC(=O)[C@H](CO)NC(=O)[C@H]([C@@H](C)OC)N(C)C(=O)[C@@H](C(C)C)NC(=O)[C@H](C[C@H](C)CC)NC1=O. The zero-order valence-electron chi connectivity index (χ0n) is 66.5. The molecule has 3 aliphatic rings. The van der Waals surface area contributed by atoms with E-state index in [-0.39, 0.29) is 69.1 Å². The smallest absolute Gasteiger partial charge is 0.331 e. The van der Waals surface area contributed by atoms with Crippen molar-refractivity contribution in [2.45, 2.75) is 238 Å². The van der Waals surface area contributed by atoms with Crippen molar-refractivity contribution < 1.29 is 96.4 Å². The first-order valence-corrected chi connectivity index (χ1v) is 40.7. The van der Waals surface area contributed by atoms with Crippen LogP contribution >= 0.6 is 21.6 Å². The van der Waals surface area contributed by atoms with Crippen LogP contribution in [0.1, 0.15) is 145 Å². The van der Waals surface area contributed by atoms with Crippen molar-refractivity contribution in [3.8, 4) is 0 Å².